The van der Waals surface area contributed by atoms with Crippen LogP contribution in [0, 0.1) is 5.92 Å². The molecule has 86 valence electrons. The molecular weight excluding hydrogens is 190 g/mol. The van der Waals surface area contributed by atoms with Gasteiger partial charge in [0, 0.05) is 18.4 Å². The molecule has 4 heteroatoms. The molecule has 0 aromatic rings. The smallest absolute Gasteiger partial charge is 0.190 e. The highest BCUT2D eigenvalue weighted by Crippen LogP contribution is 2.32. The van der Waals surface area contributed by atoms with Crippen molar-refractivity contribution in [3.8, 4) is 0 Å². The van der Waals surface area contributed by atoms with Crippen molar-refractivity contribution in [1.82, 2.24) is 5.32 Å². The Bertz CT molecular complexity index is 265. The van der Waals surface area contributed by atoms with Crippen LogP contribution in [0.25, 0.3) is 0 Å². The van der Waals surface area contributed by atoms with Crippen LogP contribution in [0.2, 0.25) is 0 Å². The summed E-state index contributed by atoms with van der Waals surface area (Å²) in [7, 11) is 0. The minimum atomic E-state index is -0.308. The second-order valence-corrected chi connectivity index (χ2v) is 5.05. The highest BCUT2D eigenvalue weighted by atomic mass is 16.1. The predicted molar refractivity (Wildman–Crippen MR) is 59.8 cm³/mol. The van der Waals surface area contributed by atoms with Gasteiger partial charge in [-0.3, -0.25) is 4.79 Å². The van der Waals surface area contributed by atoms with Gasteiger partial charge in [-0.25, -0.2) is 0 Å². The molecule has 0 saturated carbocycles. The first kappa shape index (κ1) is 12.3. The molecule has 0 saturated heterocycles. The van der Waals surface area contributed by atoms with Crippen LogP contribution in [0.5, 0.6) is 0 Å². The van der Waals surface area contributed by atoms with Crippen molar-refractivity contribution in [2.24, 2.45) is 16.1 Å². The van der Waals surface area contributed by atoms with Crippen LogP contribution in [0.3, 0.4) is 0 Å². The molecule has 4 nitrogen and oxygen atoms in total. The van der Waals surface area contributed by atoms with Crippen molar-refractivity contribution in [3.05, 3.63) is 0 Å². The molecule has 1 aliphatic heterocycles. The summed E-state index contributed by atoms with van der Waals surface area (Å²) in [6.07, 6.45) is 0.683. The number of ketones is 1. The maximum atomic E-state index is 11.9. The van der Waals surface area contributed by atoms with E-state index >= 15 is 0 Å². The van der Waals surface area contributed by atoms with Crippen LogP contribution in [-0.4, -0.2) is 23.5 Å². The summed E-state index contributed by atoms with van der Waals surface area (Å²) in [4.78, 5) is 11.9. The van der Waals surface area contributed by atoms with E-state index in [2.05, 4.69) is 15.5 Å². The number of nitrogens with one attached hydrogen (secondary N) is 1. The average molecular weight is 211 g/mol. The van der Waals surface area contributed by atoms with Gasteiger partial charge < -0.3 is 5.32 Å². The minimum absolute atomic E-state index is 0.0589. The van der Waals surface area contributed by atoms with E-state index in [-0.39, 0.29) is 23.4 Å². The summed E-state index contributed by atoms with van der Waals surface area (Å²) >= 11 is 0. The number of nitrogens with zero attached hydrogens (tertiary/aromatic N) is 2. The summed E-state index contributed by atoms with van der Waals surface area (Å²) in [6, 6.07) is 0.185. The first-order chi connectivity index (χ1) is 6.84. The van der Waals surface area contributed by atoms with Crippen LogP contribution in [-0.2, 0) is 4.79 Å². The fraction of sp³-hybridized carbons (Fsp3) is 0.909. The molecule has 0 spiro atoms. The van der Waals surface area contributed by atoms with E-state index < -0.39 is 0 Å². The lowest BCUT2D eigenvalue weighted by molar-refractivity contribution is -0.124. The highest BCUT2D eigenvalue weighted by molar-refractivity contribution is 5.85. The largest absolute Gasteiger partial charge is 0.305 e. The van der Waals surface area contributed by atoms with Gasteiger partial charge in [0.25, 0.3) is 0 Å². The fourth-order valence-electron chi connectivity index (χ4n) is 1.60. The average Bonchev–Trinajstić information content (AvgIpc) is 2.80. The van der Waals surface area contributed by atoms with Crippen LogP contribution in [0.15, 0.2) is 10.2 Å². The molecule has 1 rings (SSSR count). The lowest BCUT2D eigenvalue weighted by Gasteiger charge is -2.22. The van der Waals surface area contributed by atoms with Gasteiger partial charge in [-0.15, -0.1) is 0 Å². The fourth-order valence-corrected chi connectivity index (χ4v) is 1.60. The summed E-state index contributed by atoms with van der Waals surface area (Å²) in [6.45, 7) is 9.91. The number of carbonyl (C=O) groups excluding carboxylic acids is 1. The van der Waals surface area contributed by atoms with Gasteiger partial charge in [0.05, 0.1) is 6.04 Å². The van der Waals surface area contributed by atoms with Gasteiger partial charge in [0.1, 0.15) is 0 Å². The number of hydrogen-bond donors (Lipinski definition) is 1. The summed E-state index contributed by atoms with van der Waals surface area (Å²) in [5.74, 6) is 0.311. The van der Waals surface area contributed by atoms with Crippen molar-refractivity contribution >= 4 is 5.78 Å². The Morgan fingerprint density at radius 1 is 1.27 bits per heavy atom. The Labute approximate surface area is 91.5 Å². The molecule has 0 aliphatic carbocycles. The van der Waals surface area contributed by atoms with E-state index in [0.29, 0.717) is 12.5 Å². The third-order valence-electron chi connectivity index (χ3n) is 2.48. The molecule has 0 unspecified atom stereocenters. The SMILES string of the molecule is CC(C)N[C@@H](CC1(C)N=N1)C(=O)C(C)C. The molecule has 1 aliphatic rings. The lowest BCUT2D eigenvalue weighted by Crippen LogP contribution is -2.45. The maximum Gasteiger partial charge on any atom is 0.190 e. The quantitative estimate of drug-likeness (QED) is 0.732. The molecule has 15 heavy (non-hydrogen) atoms. The normalized spacial score (nSPS) is 19.7. The Morgan fingerprint density at radius 3 is 2.13 bits per heavy atom. The zero-order valence-electron chi connectivity index (χ0n) is 10.2. The summed E-state index contributed by atoms with van der Waals surface area (Å²) in [5.41, 5.74) is -0.308. The van der Waals surface area contributed by atoms with Gasteiger partial charge in [0.15, 0.2) is 11.4 Å². The molecule has 0 bridgehead atoms. The van der Waals surface area contributed by atoms with E-state index in [4.69, 9.17) is 0 Å². The van der Waals surface area contributed by atoms with Gasteiger partial charge >= 0.3 is 0 Å². The van der Waals surface area contributed by atoms with E-state index in [9.17, 15) is 4.79 Å². The number of Topliss-reactive ketones (excluding diaryl/α,β-unsaturated/α-hetero) is 1. The van der Waals surface area contributed by atoms with Crippen LogP contribution in [0.4, 0.5) is 0 Å². The van der Waals surface area contributed by atoms with E-state index in [1.165, 1.54) is 0 Å². The molecule has 1 heterocycles. The first-order valence-corrected chi connectivity index (χ1v) is 5.58. The Hall–Kier alpha value is -0.770. The molecule has 0 aromatic carbocycles. The molecule has 0 aromatic heterocycles. The minimum Gasteiger partial charge on any atom is -0.305 e. The number of rotatable bonds is 6. The van der Waals surface area contributed by atoms with Gasteiger partial charge in [0.2, 0.25) is 0 Å². The van der Waals surface area contributed by atoms with Gasteiger partial charge in [-0.2, -0.15) is 10.2 Å². The van der Waals surface area contributed by atoms with Crippen molar-refractivity contribution in [3.63, 3.8) is 0 Å². The zero-order chi connectivity index (χ0) is 11.6. The van der Waals surface area contributed by atoms with Crippen molar-refractivity contribution in [2.75, 3.05) is 0 Å². The maximum absolute atomic E-state index is 11.9. The topological polar surface area (TPSA) is 53.8 Å². The van der Waals surface area contributed by atoms with Crippen LogP contribution < -0.4 is 5.32 Å². The second-order valence-electron chi connectivity index (χ2n) is 5.05. The zero-order valence-corrected chi connectivity index (χ0v) is 10.2. The second kappa shape index (κ2) is 4.39. The van der Waals surface area contributed by atoms with Gasteiger partial charge in [-0.05, 0) is 6.92 Å². The van der Waals surface area contributed by atoms with Crippen LogP contribution in [0.1, 0.15) is 41.0 Å². The highest BCUT2D eigenvalue weighted by Gasteiger charge is 2.39. The van der Waals surface area contributed by atoms with E-state index in [1.807, 2.05) is 34.6 Å². The third-order valence-corrected chi connectivity index (χ3v) is 2.48. The van der Waals surface area contributed by atoms with Crippen molar-refractivity contribution in [2.45, 2.75) is 58.8 Å². The number of hydrogen-bond acceptors (Lipinski definition) is 4. The van der Waals surface area contributed by atoms with Crippen molar-refractivity contribution < 1.29 is 4.79 Å². The molecule has 0 radical (unpaired) electrons. The van der Waals surface area contributed by atoms with E-state index in [1.54, 1.807) is 0 Å². The Kier molecular flexibility index (Phi) is 3.60. The van der Waals surface area contributed by atoms with E-state index in [0.717, 1.165) is 0 Å². The molecule has 0 fully saturated rings. The lowest BCUT2D eigenvalue weighted by atomic mass is 9.94. The summed E-state index contributed by atoms with van der Waals surface area (Å²) in [5, 5.41) is 11.2. The first-order valence-electron chi connectivity index (χ1n) is 5.58. The molecular formula is C11H21N3O. The summed E-state index contributed by atoms with van der Waals surface area (Å²) < 4.78 is 0. The standard InChI is InChI=1S/C11H21N3O/c1-7(2)10(15)9(12-8(3)4)6-11(5)13-14-11/h7-9,12H,6H2,1-5H3/t9-/m0/s1. The monoisotopic (exact) mass is 211 g/mol. The van der Waals surface area contributed by atoms with Crippen LogP contribution >= 0.6 is 0 Å². The van der Waals surface area contributed by atoms with Crippen molar-refractivity contribution in [1.29, 1.82) is 0 Å². The Balaban J connectivity index is 2.56. The third kappa shape index (κ3) is 3.70. The Morgan fingerprint density at radius 2 is 1.80 bits per heavy atom. The molecule has 0 amide bonds. The molecule has 1 N–H and O–H groups in total. The predicted octanol–water partition coefficient (Wildman–Crippen LogP) is 2.15. The number of carbonyl (C=O) groups is 1. The van der Waals surface area contributed by atoms with Gasteiger partial charge in [-0.1, -0.05) is 27.7 Å². The molecule has 1 atom stereocenters.